The maximum absolute atomic E-state index is 3.58. The molecule has 1 rings (SSSR count). The minimum absolute atomic E-state index is 0.647. The van der Waals surface area contributed by atoms with Crippen molar-refractivity contribution in [3.05, 3.63) is 0 Å². The van der Waals surface area contributed by atoms with E-state index in [0.717, 1.165) is 6.04 Å². The maximum Gasteiger partial charge on any atom is 0.00682 e. The number of hydrogen-bond acceptors (Lipinski definition) is 2. The van der Waals surface area contributed by atoms with Crippen molar-refractivity contribution in [1.29, 1.82) is 0 Å². The molecule has 0 radical (unpaired) electrons. The lowest BCUT2D eigenvalue weighted by Gasteiger charge is -2.07. The fourth-order valence-electron chi connectivity index (χ4n) is 2.12. The molecule has 1 saturated carbocycles. The van der Waals surface area contributed by atoms with Gasteiger partial charge in [-0.3, -0.25) is 0 Å². The van der Waals surface area contributed by atoms with Crippen LogP contribution in [0.4, 0.5) is 0 Å². The first-order valence-corrected chi connectivity index (χ1v) is 7.76. The van der Waals surface area contributed by atoms with E-state index in [1.807, 2.05) is 0 Å². The first kappa shape index (κ1) is 15.0. The van der Waals surface area contributed by atoms with Crippen molar-refractivity contribution in [1.82, 2.24) is 10.6 Å². The summed E-state index contributed by atoms with van der Waals surface area (Å²) in [6, 6.07) is 1.54. The minimum Gasteiger partial charge on any atom is -0.315 e. The zero-order valence-electron chi connectivity index (χ0n) is 11.9. The molecule has 17 heavy (non-hydrogen) atoms. The molecule has 1 aliphatic rings. The van der Waals surface area contributed by atoms with Crippen LogP contribution in [0.2, 0.25) is 0 Å². The van der Waals surface area contributed by atoms with Crippen LogP contribution >= 0.6 is 0 Å². The molecule has 0 spiro atoms. The fourth-order valence-corrected chi connectivity index (χ4v) is 2.12. The van der Waals surface area contributed by atoms with Crippen LogP contribution in [-0.4, -0.2) is 25.2 Å². The number of rotatable bonds is 12. The summed E-state index contributed by atoms with van der Waals surface area (Å²) in [6.07, 6.45) is 12.7. The zero-order chi connectivity index (χ0) is 12.3. The lowest BCUT2D eigenvalue weighted by molar-refractivity contribution is 0.524. The second-order valence-corrected chi connectivity index (χ2v) is 5.81. The summed E-state index contributed by atoms with van der Waals surface area (Å²) in [6.45, 7) is 6.89. The Morgan fingerprint density at radius 1 is 0.824 bits per heavy atom. The Hall–Kier alpha value is -0.0800. The van der Waals surface area contributed by atoms with Gasteiger partial charge >= 0.3 is 0 Å². The van der Waals surface area contributed by atoms with Crippen LogP contribution in [0, 0.1) is 0 Å². The molecular formula is C15H32N2. The van der Waals surface area contributed by atoms with Gasteiger partial charge in [-0.1, -0.05) is 46.0 Å². The second kappa shape index (κ2) is 9.90. The number of hydrogen-bond donors (Lipinski definition) is 2. The third kappa shape index (κ3) is 10.8. The van der Waals surface area contributed by atoms with Crippen LogP contribution in [0.25, 0.3) is 0 Å². The molecule has 0 aliphatic heterocycles. The van der Waals surface area contributed by atoms with Gasteiger partial charge in [-0.15, -0.1) is 0 Å². The van der Waals surface area contributed by atoms with Crippen molar-refractivity contribution in [3.8, 4) is 0 Å². The predicted molar refractivity (Wildman–Crippen MR) is 76.5 cm³/mol. The summed E-state index contributed by atoms with van der Waals surface area (Å²) < 4.78 is 0. The maximum atomic E-state index is 3.58. The largest absolute Gasteiger partial charge is 0.315 e. The van der Waals surface area contributed by atoms with Gasteiger partial charge in [0.05, 0.1) is 0 Å². The smallest absolute Gasteiger partial charge is 0.00682 e. The highest BCUT2D eigenvalue weighted by Gasteiger charge is 2.19. The van der Waals surface area contributed by atoms with E-state index in [2.05, 4.69) is 24.5 Å². The minimum atomic E-state index is 0.647. The van der Waals surface area contributed by atoms with Crippen molar-refractivity contribution < 1.29 is 0 Å². The first-order valence-electron chi connectivity index (χ1n) is 7.76. The normalized spacial score (nSPS) is 15.7. The van der Waals surface area contributed by atoms with Gasteiger partial charge < -0.3 is 10.6 Å². The third-order valence-electron chi connectivity index (χ3n) is 3.42. The quantitative estimate of drug-likeness (QED) is 0.510. The van der Waals surface area contributed by atoms with Crippen molar-refractivity contribution in [2.75, 3.05) is 13.1 Å². The first-order chi connectivity index (χ1) is 8.29. The highest BCUT2D eigenvalue weighted by molar-refractivity contribution is 4.80. The van der Waals surface area contributed by atoms with Crippen LogP contribution < -0.4 is 10.6 Å². The molecule has 102 valence electrons. The molecule has 1 aliphatic carbocycles. The molecule has 0 heterocycles. The summed E-state index contributed by atoms with van der Waals surface area (Å²) in [5, 5.41) is 7.05. The van der Waals surface area contributed by atoms with Gasteiger partial charge in [0.25, 0.3) is 0 Å². The molecule has 0 unspecified atom stereocenters. The highest BCUT2D eigenvalue weighted by Crippen LogP contribution is 2.18. The van der Waals surface area contributed by atoms with E-state index in [-0.39, 0.29) is 0 Å². The van der Waals surface area contributed by atoms with Crippen molar-refractivity contribution in [3.63, 3.8) is 0 Å². The Morgan fingerprint density at radius 3 is 1.88 bits per heavy atom. The van der Waals surface area contributed by atoms with E-state index in [1.54, 1.807) is 0 Å². The molecule has 2 heteroatoms. The van der Waals surface area contributed by atoms with Crippen LogP contribution in [0.1, 0.15) is 71.6 Å². The van der Waals surface area contributed by atoms with Gasteiger partial charge in [0.2, 0.25) is 0 Å². The standard InChI is InChI=1S/C15H32N2/c1-14(2)16-12-8-6-4-3-5-7-9-13-17-15-10-11-15/h14-17H,3-13H2,1-2H3. The Labute approximate surface area is 108 Å². The molecule has 1 fully saturated rings. The van der Waals surface area contributed by atoms with E-state index in [1.165, 1.54) is 70.9 Å². The van der Waals surface area contributed by atoms with Gasteiger partial charge in [-0.25, -0.2) is 0 Å². The molecule has 0 aromatic carbocycles. The molecule has 0 atom stereocenters. The van der Waals surface area contributed by atoms with E-state index >= 15 is 0 Å². The molecule has 2 N–H and O–H groups in total. The van der Waals surface area contributed by atoms with Crippen LogP contribution in [-0.2, 0) is 0 Å². The molecule has 2 nitrogen and oxygen atoms in total. The van der Waals surface area contributed by atoms with Gasteiger partial charge in [-0.2, -0.15) is 0 Å². The number of nitrogens with one attached hydrogen (secondary N) is 2. The summed E-state index contributed by atoms with van der Waals surface area (Å²) in [5.41, 5.74) is 0. The van der Waals surface area contributed by atoms with Crippen molar-refractivity contribution >= 4 is 0 Å². The summed E-state index contributed by atoms with van der Waals surface area (Å²) in [7, 11) is 0. The summed E-state index contributed by atoms with van der Waals surface area (Å²) in [4.78, 5) is 0. The third-order valence-corrected chi connectivity index (χ3v) is 3.42. The van der Waals surface area contributed by atoms with Crippen LogP contribution in [0.3, 0.4) is 0 Å². The SMILES string of the molecule is CC(C)NCCCCCCCCCNC1CC1. The van der Waals surface area contributed by atoms with Crippen molar-refractivity contribution in [2.45, 2.75) is 83.7 Å². The van der Waals surface area contributed by atoms with Gasteiger partial charge in [0.15, 0.2) is 0 Å². The van der Waals surface area contributed by atoms with E-state index in [9.17, 15) is 0 Å². The Morgan fingerprint density at radius 2 is 1.35 bits per heavy atom. The van der Waals surface area contributed by atoms with Gasteiger partial charge in [0, 0.05) is 12.1 Å². The monoisotopic (exact) mass is 240 g/mol. The van der Waals surface area contributed by atoms with Crippen LogP contribution in [0.15, 0.2) is 0 Å². The zero-order valence-corrected chi connectivity index (χ0v) is 11.9. The molecule has 0 amide bonds. The van der Waals surface area contributed by atoms with E-state index < -0.39 is 0 Å². The topological polar surface area (TPSA) is 24.1 Å². The van der Waals surface area contributed by atoms with Gasteiger partial charge in [-0.05, 0) is 38.8 Å². The fraction of sp³-hybridized carbons (Fsp3) is 1.00. The summed E-state index contributed by atoms with van der Waals surface area (Å²) in [5.74, 6) is 0. The van der Waals surface area contributed by atoms with E-state index in [4.69, 9.17) is 0 Å². The average Bonchev–Trinajstić information content (AvgIpc) is 3.09. The molecule has 0 saturated heterocycles. The van der Waals surface area contributed by atoms with E-state index in [0.29, 0.717) is 6.04 Å². The number of unbranched alkanes of at least 4 members (excludes halogenated alkanes) is 6. The van der Waals surface area contributed by atoms with Gasteiger partial charge in [0.1, 0.15) is 0 Å². The molecule has 0 bridgehead atoms. The molecule has 0 aromatic heterocycles. The van der Waals surface area contributed by atoms with Crippen LogP contribution in [0.5, 0.6) is 0 Å². The molecule has 0 aromatic rings. The lowest BCUT2D eigenvalue weighted by atomic mass is 10.1. The highest BCUT2D eigenvalue weighted by atomic mass is 14.9. The lowest BCUT2D eigenvalue weighted by Crippen LogP contribution is -2.23. The second-order valence-electron chi connectivity index (χ2n) is 5.81. The molecular weight excluding hydrogens is 208 g/mol. The Bertz CT molecular complexity index is 154. The Balaban J connectivity index is 1.63. The summed E-state index contributed by atoms with van der Waals surface area (Å²) >= 11 is 0. The predicted octanol–water partition coefficient (Wildman–Crippen LogP) is 3.47. The van der Waals surface area contributed by atoms with Crippen molar-refractivity contribution in [2.24, 2.45) is 0 Å². The Kier molecular flexibility index (Phi) is 8.72. The average molecular weight is 240 g/mol.